The second kappa shape index (κ2) is 8.35. The number of hydrogen-bond acceptors (Lipinski definition) is 3. The SMILES string of the molecule is OCCCN(Cc1ccncc1)Cc1ccc(Cl)c(Cl)c1. The van der Waals surface area contributed by atoms with Crippen LogP contribution in [0.5, 0.6) is 0 Å². The van der Waals surface area contributed by atoms with Crippen LogP contribution in [0.1, 0.15) is 17.5 Å². The van der Waals surface area contributed by atoms with Gasteiger partial charge in [0.15, 0.2) is 0 Å². The van der Waals surface area contributed by atoms with Crippen LogP contribution in [0.15, 0.2) is 42.7 Å². The Hall–Kier alpha value is -1.13. The lowest BCUT2D eigenvalue weighted by Crippen LogP contribution is -2.24. The van der Waals surface area contributed by atoms with Crippen molar-refractivity contribution in [2.75, 3.05) is 13.2 Å². The predicted molar refractivity (Wildman–Crippen MR) is 86.5 cm³/mol. The van der Waals surface area contributed by atoms with Crippen molar-refractivity contribution in [3.8, 4) is 0 Å². The maximum Gasteiger partial charge on any atom is 0.0595 e. The first-order chi connectivity index (χ1) is 10.2. The molecular weight excluding hydrogens is 307 g/mol. The van der Waals surface area contributed by atoms with E-state index in [1.165, 1.54) is 5.56 Å². The van der Waals surface area contributed by atoms with Gasteiger partial charge in [0.05, 0.1) is 10.0 Å². The second-order valence-corrected chi connectivity index (χ2v) is 5.71. The van der Waals surface area contributed by atoms with Gasteiger partial charge >= 0.3 is 0 Å². The van der Waals surface area contributed by atoms with E-state index in [-0.39, 0.29) is 6.61 Å². The van der Waals surface area contributed by atoms with Crippen LogP contribution >= 0.6 is 23.2 Å². The van der Waals surface area contributed by atoms with Crippen LogP contribution in [0.25, 0.3) is 0 Å². The van der Waals surface area contributed by atoms with E-state index in [0.717, 1.165) is 31.6 Å². The van der Waals surface area contributed by atoms with Crippen LogP contribution in [0.3, 0.4) is 0 Å². The molecule has 0 aliphatic carbocycles. The number of rotatable bonds is 7. The van der Waals surface area contributed by atoms with Gasteiger partial charge in [0.25, 0.3) is 0 Å². The van der Waals surface area contributed by atoms with Crippen molar-refractivity contribution in [3.63, 3.8) is 0 Å². The molecular formula is C16H18Cl2N2O. The average molecular weight is 325 g/mol. The van der Waals surface area contributed by atoms with E-state index >= 15 is 0 Å². The number of aromatic nitrogens is 1. The number of nitrogens with zero attached hydrogens (tertiary/aromatic N) is 2. The van der Waals surface area contributed by atoms with E-state index in [1.54, 1.807) is 12.4 Å². The summed E-state index contributed by atoms with van der Waals surface area (Å²) in [5.41, 5.74) is 2.30. The van der Waals surface area contributed by atoms with Gasteiger partial charge in [-0.1, -0.05) is 29.3 Å². The molecule has 0 atom stereocenters. The molecule has 0 aliphatic rings. The quantitative estimate of drug-likeness (QED) is 0.842. The normalized spacial score (nSPS) is 11.0. The molecule has 1 N–H and O–H groups in total. The maximum absolute atomic E-state index is 9.05. The van der Waals surface area contributed by atoms with Crippen LogP contribution in [-0.4, -0.2) is 28.1 Å². The summed E-state index contributed by atoms with van der Waals surface area (Å²) in [6, 6.07) is 9.69. The molecule has 0 bridgehead atoms. The molecule has 0 amide bonds. The lowest BCUT2D eigenvalue weighted by Gasteiger charge is -2.22. The summed E-state index contributed by atoms with van der Waals surface area (Å²) >= 11 is 12.0. The molecule has 0 aliphatic heterocycles. The van der Waals surface area contributed by atoms with E-state index < -0.39 is 0 Å². The molecule has 3 nitrogen and oxygen atoms in total. The number of benzene rings is 1. The first-order valence-electron chi connectivity index (χ1n) is 6.85. The van der Waals surface area contributed by atoms with Crippen molar-refractivity contribution in [2.45, 2.75) is 19.5 Å². The summed E-state index contributed by atoms with van der Waals surface area (Å²) in [4.78, 5) is 6.30. The fourth-order valence-corrected chi connectivity index (χ4v) is 2.47. The highest BCUT2D eigenvalue weighted by Crippen LogP contribution is 2.23. The number of pyridine rings is 1. The average Bonchev–Trinajstić information content (AvgIpc) is 2.49. The molecule has 0 saturated heterocycles. The zero-order chi connectivity index (χ0) is 15.1. The third-order valence-corrected chi connectivity index (χ3v) is 3.92. The Morgan fingerprint density at radius 2 is 1.67 bits per heavy atom. The van der Waals surface area contributed by atoms with Crippen LogP contribution in [0.4, 0.5) is 0 Å². The van der Waals surface area contributed by atoms with Gasteiger partial charge in [0.2, 0.25) is 0 Å². The highest BCUT2D eigenvalue weighted by Gasteiger charge is 2.08. The van der Waals surface area contributed by atoms with Crippen molar-refractivity contribution in [3.05, 3.63) is 63.9 Å². The number of halogens is 2. The summed E-state index contributed by atoms with van der Waals surface area (Å²) in [6.45, 7) is 2.58. The molecule has 0 saturated carbocycles. The van der Waals surface area contributed by atoms with Crippen molar-refractivity contribution < 1.29 is 5.11 Å². The van der Waals surface area contributed by atoms with Gasteiger partial charge in [-0.2, -0.15) is 0 Å². The van der Waals surface area contributed by atoms with Gasteiger partial charge < -0.3 is 5.11 Å². The largest absolute Gasteiger partial charge is 0.396 e. The summed E-state index contributed by atoms with van der Waals surface area (Å²) < 4.78 is 0. The van der Waals surface area contributed by atoms with E-state index in [1.807, 2.05) is 30.3 Å². The number of aliphatic hydroxyl groups is 1. The van der Waals surface area contributed by atoms with Crippen LogP contribution in [0, 0.1) is 0 Å². The van der Waals surface area contributed by atoms with Gasteiger partial charge in [-0.15, -0.1) is 0 Å². The van der Waals surface area contributed by atoms with Crippen LogP contribution in [0.2, 0.25) is 10.0 Å². The highest BCUT2D eigenvalue weighted by atomic mass is 35.5. The standard InChI is InChI=1S/C16H18Cl2N2O/c17-15-3-2-14(10-16(15)18)12-20(8-1-9-21)11-13-4-6-19-7-5-13/h2-7,10,21H,1,8-9,11-12H2. The Balaban J connectivity index is 2.06. The summed E-state index contributed by atoms with van der Waals surface area (Å²) in [7, 11) is 0. The van der Waals surface area contributed by atoms with Gasteiger partial charge in [0, 0.05) is 38.6 Å². The molecule has 1 aromatic carbocycles. The number of hydrogen-bond donors (Lipinski definition) is 1. The molecule has 2 rings (SSSR count). The topological polar surface area (TPSA) is 36.4 Å². The van der Waals surface area contributed by atoms with Crippen LogP contribution < -0.4 is 0 Å². The van der Waals surface area contributed by atoms with Crippen LogP contribution in [-0.2, 0) is 13.1 Å². The fourth-order valence-electron chi connectivity index (χ4n) is 2.15. The summed E-state index contributed by atoms with van der Waals surface area (Å²) in [5, 5.41) is 10.2. The molecule has 0 spiro atoms. The number of aliphatic hydroxyl groups excluding tert-OH is 1. The van der Waals surface area contributed by atoms with E-state index in [9.17, 15) is 0 Å². The van der Waals surface area contributed by atoms with Crippen molar-refractivity contribution in [2.24, 2.45) is 0 Å². The monoisotopic (exact) mass is 324 g/mol. The lowest BCUT2D eigenvalue weighted by atomic mass is 10.2. The molecule has 0 radical (unpaired) electrons. The Morgan fingerprint density at radius 3 is 2.33 bits per heavy atom. The maximum atomic E-state index is 9.05. The van der Waals surface area contributed by atoms with Crippen molar-refractivity contribution in [1.82, 2.24) is 9.88 Å². The fraction of sp³-hybridized carbons (Fsp3) is 0.312. The Kier molecular flexibility index (Phi) is 6.46. The smallest absolute Gasteiger partial charge is 0.0595 e. The third kappa shape index (κ3) is 5.29. The summed E-state index contributed by atoms with van der Waals surface area (Å²) in [5.74, 6) is 0. The van der Waals surface area contributed by atoms with E-state index in [2.05, 4.69) is 9.88 Å². The van der Waals surface area contributed by atoms with Gasteiger partial charge in [0.1, 0.15) is 0 Å². The Bertz CT molecular complexity index is 563. The van der Waals surface area contributed by atoms with E-state index in [0.29, 0.717) is 10.0 Å². The minimum absolute atomic E-state index is 0.189. The van der Waals surface area contributed by atoms with Crippen molar-refractivity contribution in [1.29, 1.82) is 0 Å². The Labute approximate surface area is 135 Å². The molecule has 0 unspecified atom stereocenters. The Morgan fingerprint density at radius 1 is 0.952 bits per heavy atom. The molecule has 112 valence electrons. The highest BCUT2D eigenvalue weighted by molar-refractivity contribution is 6.42. The molecule has 0 fully saturated rings. The molecule has 5 heteroatoms. The predicted octanol–water partition coefficient (Wildman–Crippen LogP) is 3.77. The molecule has 1 aromatic heterocycles. The first kappa shape index (κ1) is 16.2. The third-order valence-electron chi connectivity index (χ3n) is 3.18. The first-order valence-corrected chi connectivity index (χ1v) is 7.60. The molecule has 2 aromatic rings. The zero-order valence-corrected chi connectivity index (χ0v) is 13.2. The van der Waals surface area contributed by atoms with E-state index in [4.69, 9.17) is 28.3 Å². The zero-order valence-electron chi connectivity index (χ0n) is 11.7. The van der Waals surface area contributed by atoms with Crippen molar-refractivity contribution >= 4 is 23.2 Å². The molecule has 21 heavy (non-hydrogen) atoms. The van der Waals surface area contributed by atoms with Gasteiger partial charge in [-0.05, 0) is 41.8 Å². The second-order valence-electron chi connectivity index (χ2n) is 4.89. The van der Waals surface area contributed by atoms with Gasteiger partial charge in [-0.25, -0.2) is 0 Å². The molecule has 1 heterocycles. The summed E-state index contributed by atoms with van der Waals surface area (Å²) in [6.07, 6.45) is 4.32. The minimum atomic E-state index is 0.189. The van der Waals surface area contributed by atoms with Gasteiger partial charge in [-0.3, -0.25) is 9.88 Å². The lowest BCUT2D eigenvalue weighted by molar-refractivity contribution is 0.212. The minimum Gasteiger partial charge on any atom is -0.396 e.